The minimum Gasteiger partial charge on any atom is -0.383 e. The fourth-order valence-electron chi connectivity index (χ4n) is 3.16. The number of aromatic amines is 1. The number of ether oxygens (including phenoxy) is 1. The number of anilines is 1. The van der Waals surface area contributed by atoms with Crippen molar-refractivity contribution in [3.8, 4) is 0 Å². The van der Waals surface area contributed by atoms with Crippen LogP contribution in [0.3, 0.4) is 0 Å². The Morgan fingerprint density at radius 2 is 2.13 bits per heavy atom. The highest BCUT2D eigenvalue weighted by Crippen LogP contribution is 2.23. The average Bonchev–Trinajstić information content (AvgIpc) is 3.38. The van der Waals surface area contributed by atoms with Gasteiger partial charge in [0.05, 0.1) is 24.7 Å². The van der Waals surface area contributed by atoms with Crippen LogP contribution >= 0.6 is 11.8 Å². The van der Waals surface area contributed by atoms with Crippen molar-refractivity contribution in [2.45, 2.75) is 11.7 Å². The molecule has 1 aromatic carbocycles. The third kappa shape index (κ3) is 4.24. The number of fused-ring (bicyclic) bond motifs is 2. The molecule has 0 aliphatic rings. The smallest absolute Gasteiger partial charge is 0.267 e. The van der Waals surface area contributed by atoms with Crippen LogP contribution in [0.4, 0.5) is 5.82 Å². The molecule has 30 heavy (non-hydrogen) atoms. The quantitative estimate of drug-likeness (QED) is 0.215. The molecule has 0 bridgehead atoms. The fourth-order valence-corrected chi connectivity index (χ4v) is 3.52. The van der Waals surface area contributed by atoms with E-state index in [2.05, 4.69) is 30.7 Å². The van der Waals surface area contributed by atoms with Gasteiger partial charge < -0.3 is 20.4 Å². The Morgan fingerprint density at radius 1 is 1.27 bits per heavy atom. The van der Waals surface area contributed by atoms with Crippen molar-refractivity contribution >= 4 is 45.4 Å². The van der Waals surface area contributed by atoms with E-state index in [-0.39, 0.29) is 5.91 Å². The van der Waals surface area contributed by atoms with E-state index in [1.165, 1.54) is 11.8 Å². The second kappa shape index (κ2) is 9.14. The van der Waals surface area contributed by atoms with Gasteiger partial charge in [0.25, 0.3) is 5.91 Å². The van der Waals surface area contributed by atoms with Gasteiger partial charge in [0.15, 0.2) is 10.8 Å². The van der Waals surface area contributed by atoms with Gasteiger partial charge >= 0.3 is 0 Å². The van der Waals surface area contributed by atoms with Crippen LogP contribution in [0.2, 0.25) is 0 Å². The zero-order chi connectivity index (χ0) is 20.9. The highest BCUT2D eigenvalue weighted by Gasteiger charge is 2.13. The third-order valence-corrected chi connectivity index (χ3v) is 5.19. The summed E-state index contributed by atoms with van der Waals surface area (Å²) in [6.07, 6.45) is 3.68. The molecule has 3 heterocycles. The normalized spacial score (nSPS) is 11.3. The number of thioether (sulfide) groups is 1. The van der Waals surface area contributed by atoms with Crippen LogP contribution < -0.4 is 10.6 Å². The van der Waals surface area contributed by atoms with Crippen LogP contribution in [0.15, 0.2) is 41.7 Å². The average molecular weight is 426 g/mol. The third-order valence-electron chi connectivity index (χ3n) is 4.64. The standard InChI is InChI=1S/C20H23N7O2S/c1-29-10-8-21-17-14-12-23-27(18(14)26-20(25-17)30-2)9-7-22-19(28)16-11-13-5-3-4-6-15(13)24-16/h3-6,11-12,24H,7-10H2,1-2H3,(H,22,28)(H,21,25,26). The molecule has 0 spiro atoms. The number of methoxy groups -OCH3 is 1. The number of benzene rings is 1. The van der Waals surface area contributed by atoms with Crippen LogP contribution in [-0.4, -0.2) is 63.7 Å². The molecule has 0 fully saturated rings. The minimum absolute atomic E-state index is 0.149. The number of para-hydroxylation sites is 1. The molecule has 9 nitrogen and oxygen atoms in total. The lowest BCUT2D eigenvalue weighted by Gasteiger charge is -2.09. The first kappa shape index (κ1) is 20.2. The first-order valence-corrected chi connectivity index (χ1v) is 10.8. The van der Waals surface area contributed by atoms with Crippen LogP contribution in [0.25, 0.3) is 21.9 Å². The van der Waals surface area contributed by atoms with Gasteiger partial charge in [-0.3, -0.25) is 4.79 Å². The molecule has 3 aromatic heterocycles. The van der Waals surface area contributed by atoms with E-state index in [1.54, 1.807) is 18.0 Å². The number of rotatable bonds is 9. The summed E-state index contributed by atoms with van der Waals surface area (Å²) in [5, 5.41) is 13.2. The van der Waals surface area contributed by atoms with Crippen molar-refractivity contribution in [3.63, 3.8) is 0 Å². The molecule has 156 valence electrons. The van der Waals surface area contributed by atoms with Crippen LogP contribution in [0, 0.1) is 0 Å². The van der Waals surface area contributed by atoms with Gasteiger partial charge in [-0.25, -0.2) is 14.6 Å². The summed E-state index contributed by atoms with van der Waals surface area (Å²) >= 11 is 1.47. The maximum Gasteiger partial charge on any atom is 0.267 e. The van der Waals surface area contributed by atoms with Crippen molar-refractivity contribution in [1.29, 1.82) is 0 Å². The van der Waals surface area contributed by atoms with E-state index in [1.807, 2.05) is 36.6 Å². The number of amides is 1. The zero-order valence-electron chi connectivity index (χ0n) is 16.8. The molecule has 0 aliphatic carbocycles. The molecule has 0 radical (unpaired) electrons. The number of carbonyl (C=O) groups is 1. The Hall–Kier alpha value is -3.11. The molecule has 0 atom stereocenters. The highest BCUT2D eigenvalue weighted by molar-refractivity contribution is 7.98. The van der Waals surface area contributed by atoms with Gasteiger partial charge in [0.1, 0.15) is 11.5 Å². The monoisotopic (exact) mass is 425 g/mol. The van der Waals surface area contributed by atoms with Gasteiger partial charge in [0, 0.05) is 31.1 Å². The van der Waals surface area contributed by atoms with Crippen molar-refractivity contribution in [1.82, 2.24) is 30.0 Å². The maximum absolute atomic E-state index is 12.5. The lowest BCUT2D eigenvalue weighted by Crippen LogP contribution is -2.27. The number of nitrogens with zero attached hydrogens (tertiary/aromatic N) is 4. The molecule has 0 aliphatic heterocycles. The van der Waals surface area contributed by atoms with Crippen molar-refractivity contribution in [2.75, 3.05) is 38.4 Å². The van der Waals surface area contributed by atoms with Gasteiger partial charge in [-0.2, -0.15) is 5.10 Å². The van der Waals surface area contributed by atoms with E-state index < -0.39 is 0 Å². The Bertz CT molecular complexity index is 1140. The van der Waals surface area contributed by atoms with Gasteiger partial charge in [-0.05, 0) is 18.4 Å². The Labute approximate surface area is 177 Å². The second-order valence-electron chi connectivity index (χ2n) is 6.61. The van der Waals surface area contributed by atoms with E-state index in [4.69, 9.17) is 4.74 Å². The summed E-state index contributed by atoms with van der Waals surface area (Å²) in [7, 11) is 1.66. The molecule has 0 saturated carbocycles. The Kier molecular flexibility index (Phi) is 6.15. The topological polar surface area (TPSA) is 110 Å². The molecule has 4 rings (SSSR count). The van der Waals surface area contributed by atoms with E-state index in [9.17, 15) is 4.79 Å². The Balaban J connectivity index is 1.45. The fraction of sp³-hybridized carbons (Fsp3) is 0.300. The molecule has 4 aromatic rings. The van der Waals surface area contributed by atoms with Crippen molar-refractivity contribution in [2.24, 2.45) is 0 Å². The highest BCUT2D eigenvalue weighted by atomic mass is 32.2. The lowest BCUT2D eigenvalue weighted by molar-refractivity contribution is 0.0948. The molecular formula is C20H23N7O2S. The summed E-state index contributed by atoms with van der Waals surface area (Å²) in [5.41, 5.74) is 2.21. The maximum atomic E-state index is 12.5. The number of carbonyl (C=O) groups excluding carboxylic acids is 1. The van der Waals surface area contributed by atoms with E-state index in [0.29, 0.717) is 37.1 Å². The Morgan fingerprint density at radius 3 is 2.93 bits per heavy atom. The van der Waals surface area contributed by atoms with Crippen LogP contribution in [0.1, 0.15) is 10.5 Å². The van der Waals surface area contributed by atoms with Crippen LogP contribution in [0.5, 0.6) is 0 Å². The predicted octanol–water partition coefficient (Wildman–Crippen LogP) is 2.52. The zero-order valence-corrected chi connectivity index (χ0v) is 17.6. The number of hydrogen-bond acceptors (Lipinski definition) is 7. The van der Waals surface area contributed by atoms with Gasteiger partial charge in [-0.15, -0.1) is 0 Å². The first-order valence-electron chi connectivity index (χ1n) is 9.56. The summed E-state index contributed by atoms with van der Waals surface area (Å²) in [5.74, 6) is 0.582. The minimum atomic E-state index is -0.149. The molecule has 1 amide bonds. The molecular weight excluding hydrogens is 402 g/mol. The molecule has 3 N–H and O–H groups in total. The molecule has 10 heteroatoms. The summed E-state index contributed by atoms with van der Waals surface area (Å²) in [4.78, 5) is 24.7. The van der Waals surface area contributed by atoms with Gasteiger partial charge in [-0.1, -0.05) is 30.0 Å². The van der Waals surface area contributed by atoms with Crippen molar-refractivity contribution < 1.29 is 9.53 Å². The van der Waals surface area contributed by atoms with Gasteiger partial charge in [0.2, 0.25) is 0 Å². The first-order chi connectivity index (χ1) is 14.7. The van der Waals surface area contributed by atoms with E-state index >= 15 is 0 Å². The van der Waals surface area contributed by atoms with Crippen molar-refractivity contribution in [3.05, 3.63) is 42.2 Å². The largest absolute Gasteiger partial charge is 0.383 e. The number of hydrogen-bond donors (Lipinski definition) is 3. The second-order valence-corrected chi connectivity index (χ2v) is 7.38. The van der Waals surface area contributed by atoms with Crippen LogP contribution in [-0.2, 0) is 11.3 Å². The SMILES string of the molecule is COCCNc1nc(SC)nc2c1cnn2CCNC(=O)c1cc2ccccc2[nH]1. The number of nitrogens with one attached hydrogen (secondary N) is 3. The molecule has 0 unspecified atom stereocenters. The number of H-pyrrole nitrogens is 1. The summed E-state index contributed by atoms with van der Waals surface area (Å²) in [6.45, 7) is 2.14. The molecule has 0 saturated heterocycles. The van der Waals surface area contributed by atoms with E-state index in [0.717, 1.165) is 27.8 Å². The lowest BCUT2D eigenvalue weighted by atomic mass is 10.2. The number of aromatic nitrogens is 5. The summed E-state index contributed by atoms with van der Waals surface area (Å²) < 4.78 is 6.88. The predicted molar refractivity (Wildman–Crippen MR) is 118 cm³/mol. The summed E-state index contributed by atoms with van der Waals surface area (Å²) in [6, 6.07) is 9.66.